The summed E-state index contributed by atoms with van der Waals surface area (Å²) in [7, 11) is 0. The lowest BCUT2D eigenvalue weighted by molar-refractivity contribution is -0.126. The summed E-state index contributed by atoms with van der Waals surface area (Å²) >= 11 is 0. The number of nitrogens with zero attached hydrogens (tertiary/aromatic N) is 5. The fraction of sp³-hybridized carbons (Fsp3) is 0.280. The van der Waals surface area contributed by atoms with Crippen LogP contribution in [0.1, 0.15) is 18.5 Å². The molecule has 2 aliphatic rings. The van der Waals surface area contributed by atoms with Gasteiger partial charge in [0.05, 0.1) is 24.8 Å². The summed E-state index contributed by atoms with van der Waals surface area (Å²) in [5.41, 5.74) is 4.12. The predicted molar refractivity (Wildman–Crippen MR) is 122 cm³/mol. The van der Waals surface area contributed by atoms with Crippen LogP contribution in [-0.4, -0.2) is 60.8 Å². The van der Waals surface area contributed by atoms with Crippen LogP contribution in [0.2, 0.25) is 0 Å². The monoisotopic (exact) mass is 459 g/mol. The molecular weight excluding hydrogens is 437 g/mol. The Morgan fingerprint density at radius 3 is 2.53 bits per heavy atom. The number of carbonyl (C=O) groups is 2. The molecule has 172 valence electrons. The highest BCUT2D eigenvalue weighted by molar-refractivity contribution is 5.94. The molecule has 3 aromatic rings. The number of amides is 2. The number of hydrogen-bond acceptors (Lipinski definition) is 4. The zero-order valence-corrected chi connectivity index (χ0v) is 18.3. The van der Waals surface area contributed by atoms with Crippen LogP contribution >= 0.6 is 0 Å². The molecule has 1 aromatic carbocycles. The van der Waals surface area contributed by atoms with E-state index in [-0.39, 0.29) is 11.7 Å². The summed E-state index contributed by atoms with van der Waals surface area (Å²) in [6.45, 7) is 1.68. The van der Waals surface area contributed by atoms with E-state index in [9.17, 15) is 19.1 Å². The van der Waals surface area contributed by atoms with E-state index in [0.29, 0.717) is 38.3 Å². The van der Waals surface area contributed by atoms with Gasteiger partial charge in [-0.1, -0.05) is 5.92 Å². The number of fused-ring (bicyclic) bond motifs is 1. The van der Waals surface area contributed by atoms with Gasteiger partial charge in [-0.3, -0.25) is 19.4 Å². The van der Waals surface area contributed by atoms with Crippen molar-refractivity contribution in [2.45, 2.75) is 32.0 Å². The zero-order chi connectivity index (χ0) is 23.7. The zero-order valence-electron chi connectivity index (χ0n) is 18.3. The van der Waals surface area contributed by atoms with Crippen LogP contribution in [0, 0.1) is 17.7 Å². The van der Waals surface area contributed by atoms with Gasteiger partial charge in [-0.2, -0.15) is 5.10 Å². The van der Waals surface area contributed by atoms with Crippen LogP contribution in [0.5, 0.6) is 0 Å². The number of pyridine rings is 1. The first kappa shape index (κ1) is 21.6. The molecule has 2 aliphatic heterocycles. The highest BCUT2D eigenvalue weighted by atomic mass is 19.1. The SMILES string of the molecule is O=C(C#CC1CCCN1C(=O)O)N1CCn2nc(-c3ccc(F)cc3)c(-c3ccncc3)c2C1. The molecule has 1 atom stereocenters. The largest absolute Gasteiger partial charge is 0.465 e. The molecule has 0 saturated carbocycles. The molecule has 0 radical (unpaired) electrons. The van der Waals surface area contributed by atoms with Crippen LogP contribution in [-0.2, 0) is 17.9 Å². The Morgan fingerprint density at radius 1 is 1.03 bits per heavy atom. The first-order valence-electron chi connectivity index (χ1n) is 11.1. The Labute approximate surface area is 195 Å². The van der Waals surface area contributed by atoms with Crippen molar-refractivity contribution in [3.05, 3.63) is 60.3 Å². The molecule has 0 bridgehead atoms. The van der Waals surface area contributed by atoms with Crippen LogP contribution in [0.3, 0.4) is 0 Å². The van der Waals surface area contributed by atoms with Crippen molar-refractivity contribution >= 4 is 12.0 Å². The maximum Gasteiger partial charge on any atom is 0.408 e. The highest BCUT2D eigenvalue weighted by Crippen LogP contribution is 2.36. The van der Waals surface area contributed by atoms with Crippen LogP contribution in [0.4, 0.5) is 9.18 Å². The molecule has 2 amide bonds. The van der Waals surface area contributed by atoms with E-state index in [2.05, 4.69) is 16.8 Å². The molecule has 8 nitrogen and oxygen atoms in total. The normalized spacial score (nSPS) is 17.1. The first-order chi connectivity index (χ1) is 16.5. The number of rotatable bonds is 2. The number of carboxylic acid groups (broad SMARTS) is 1. The third-order valence-electron chi connectivity index (χ3n) is 6.20. The summed E-state index contributed by atoms with van der Waals surface area (Å²) in [5, 5.41) is 14.1. The number of aromatic nitrogens is 3. The van der Waals surface area contributed by atoms with Crippen LogP contribution in [0.25, 0.3) is 22.4 Å². The number of halogens is 1. The smallest absolute Gasteiger partial charge is 0.408 e. The summed E-state index contributed by atoms with van der Waals surface area (Å²) in [5.74, 6) is 4.86. The van der Waals surface area contributed by atoms with Crippen LogP contribution < -0.4 is 0 Å². The van der Waals surface area contributed by atoms with E-state index in [1.165, 1.54) is 17.0 Å². The molecule has 1 saturated heterocycles. The van der Waals surface area contributed by atoms with Gasteiger partial charge in [0, 0.05) is 36.6 Å². The molecule has 2 aromatic heterocycles. The average molecular weight is 459 g/mol. The van der Waals surface area contributed by atoms with E-state index in [0.717, 1.165) is 28.8 Å². The van der Waals surface area contributed by atoms with E-state index < -0.39 is 12.1 Å². The molecule has 1 unspecified atom stereocenters. The maximum absolute atomic E-state index is 13.5. The molecule has 4 heterocycles. The molecule has 9 heteroatoms. The Kier molecular flexibility index (Phi) is 5.72. The van der Waals surface area contributed by atoms with Crippen molar-refractivity contribution < 1.29 is 19.1 Å². The molecular formula is C25H22FN5O3. The van der Waals surface area contributed by atoms with Gasteiger partial charge in [0.1, 0.15) is 11.5 Å². The Morgan fingerprint density at radius 2 is 1.79 bits per heavy atom. The van der Waals surface area contributed by atoms with Gasteiger partial charge < -0.3 is 10.0 Å². The second kappa shape index (κ2) is 8.98. The Balaban J connectivity index is 1.46. The number of hydrogen-bond donors (Lipinski definition) is 1. The highest BCUT2D eigenvalue weighted by Gasteiger charge is 2.29. The lowest BCUT2D eigenvalue weighted by Crippen LogP contribution is -2.38. The molecule has 0 spiro atoms. The summed E-state index contributed by atoms with van der Waals surface area (Å²) in [6.07, 6.45) is 3.75. The summed E-state index contributed by atoms with van der Waals surface area (Å²) in [4.78, 5) is 31.3. The lowest BCUT2D eigenvalue weighted by atomic mass is 9.99. The minimum atomic E-state index is -1.01. The second-order valence-electron chi connectivity index (χ2n) is 8.27. The molecule has 34 heavy (non-hydrogen) atoms. The Bertz CT molecular complexity index is 1290. The van der Waals surface area contributed by atoms with Gasteiger partial charge in [-0.25, -0.2) is 9.18 Å². The molecule has 1 N–H and O–H groups in total. The van der Waals surface area contributed by atoms with E-state index >= 15 is 0 Å². The number of benzene rings is 1. The quantitative estimate of drug-likeness (QED) is 0.594. The molecule has 0 aliphatic carbocycles. The third-order valence-corrected chi connectivity index (χ3v) is 6.20. The minimum absolute atomic E-state index is 0.312. The van der Waals surface area contributed by atoms with E-state index in [1.54, 1.807) is 29.4 Å². The number of carbonyl (C=O) groups excluding carboxylic acids is 1. The van der Waals surface area contributed by atoms with Gasteiger partial charge in [0.25, 0.3) is 5.91 Å². The lowest BCUT2D eigenvalue weighted by Gasteiger charge is -2.27. The second-order valence-corrected chi connectivity index (χ2v) is 8.27. The molecule has 5 rings (SSSR count). The first-order valence-corrected chi connectivity index (χ1v) is 11.1. The summed E-state index contributed by atoms with van der Waals surface area (Å²) < 4.78 is 15.4. The summed E-state index contributed by atoms with van der Waals surface area (Å²) in [6, 6.07) is 9.50. The van der Waals surface area contributed by atoms with Crippen molar-refractivity contribution in [3.63, 3.8) is 0 Å². The van der Waals surface area contributed by atoms with E-state index in [1.807, 2.05) is 16.8 Å². The van der Waals surface area contributed by atoms with Crippen molar-refractivity contribution in [2.24, 2.45) is 0 Å². The minimum Gasteiger partial charge on any atom is -0.465 e. The number of likely N-dealkylation sites (tertiary alicyclic amines) is 1. The standard InChI is InChI=1S/C25H22FN5O3/c26-19-5-3-18(4-6-19)24-23(17-9-11-27-12-10-17)21-16-29(14-15-31(21)28-24)22(32)8-7-20-2-1-13-30(20)25(33)34/h3-6,9-12,20H,1-2,13-16H2,(H,33,34). The van der Waals surface area contributed by atoms with Gasteiger partial charge in [0.15, 0.2) is 0 Å². The third kappa shape index (κ3) is 4.10. The van der Waals surface area contributed by atoms with Gasteiger partial charge >= 0.3 is 6.09 Å². The molecule has 1 fully saturated rings. The Hall–Kier alpha value is -4.19. The van der Waals surface area contributed by atoms with Crippen molar-refractivity contribution in [1.29, 1.82) is 0 Å². The maximum atomic E-state index is 13.5. The van der Waals surface area contributed by atoms with Crippen molar-refractivity contribution in [2.75, 3.05) is 13.1 Å². The van der Waals surface area contributed by atoms with Crippen LogP contribution in [0.15, 0.2) is 48.8 Å². The fourth-order valence-corrected chi connectivity index (χ4v) is 4.49. The predicted octanol–water partition coefficient (Wildman–Crippen LogP) is 3.24. The van der Waals surface area contributed by atoms with Gasteiger partial charge in [-0.05, 0) is 60.7 Å². The van der Waals surface area contributed by atoms with Crippen molar-refractivity contribution in [1.82, 2.24) is 24.6 Å². The van der Waals surface area contributed by atoms with Crippen molar-refractivity contribution in [3.8, 4) is 34.2 Å². The van der Waals surface area contributed by atoms with Gasteiger partial charge in [0.2, 0.25) is 0 Å². The fourth-order valence-electron chi connectivity index (χ4n) is 4.49. The van der Waals surface area contributed by atoms with Gasteiger partial charge in [-0.15, -0.1) is 0 Å². The van der Waals surface area contributed by atoms with E-state index in [4.69, 9.17) is 5.10 Å². The topological polar surface area (TPSA) is 91.6 Å². The average Bonchev–Trinajstić information content (AvgIpc) is 3.48.